The van der Waals surface area contributed by atoms with Crippen LogP contribution in [0.1, 0.15) is 24.1 Å². The number of rotatable bonds is 5. The Kier molecular flexibility index (Phi) is 5.39. The SMILES string of the molecule is Cc1ccccc1C(C)NC(=O)COc1ccccc1Br. The van der Waals surface area contributed by atoms with Crippen molar-refractivity contribution in [3.63, 3.8) is 0 Å². The average molecular weight is 348 g/mol. The van der Waals surface area contributed by atoms with Crippen molar-refractivity contribution in [2.75, 3.05) is 6.61 Å². The monoisotopic (exact) mass is 347 g/mol. The third kappa shape index (κ3) is 4.33. The first kappa shape index (κ1) is 15.6. The maximum absolute atomic E-state index is 12.0. The summed E-state index contributed by atoms with van der Waals surface area (Å²) in [6, 6.07) is 15.5. The van der Waals surface area contributed by atoms with Gasteiger partial charge in [0.15, 0.2) is 6.61 Å². The lowest BCUT2D eigenvalue weighted by atomic mass is 10.0. The summed E-state index contributed by atoms with van der Waals surface area (Å²) in [6.07, 6.45) is 0. The molecular formula is C17H18BrNO2. The Morgan fingerprint density at radius 3 is 2.57 bits per heavy atom. The molecule has 0 radical (unpaired) electrons. The number of ether oxygens (including phenoxy) is 1. The molecule has 1 unspecified atom stereocenters. The van der Waals surface area contributed by atoms with Crippen LogP contribution in [0.15, 0.2) is 53.0 Å². The normalized spacial score (nSPS) is 11.8. The van der Waals surface area contributed by atoms with Crippen LogP contribution in [0.5, 0.6) is 5.75 Å². The second kappa shape index (κ2) is 7.27. The number of hydrogen-bond acceptors (Lipinski definition) is 2. The minimum atomic E-state index is -0.137. The van der Waals surface area contributed by atoms with Gasteiger partial charge < -0.3 is 10.1 Å². The molecule has 4 heteroatoms. The smallest absolute Gasteiger partial charge is 0.258 e. The van der Waals surface area contributed by atoms with Crippen LogP contribution in [-0.4, -0.2) is 12.5 Å². The molecule has 2 aromatic rings. The Morgan fingerprint density at radius 2 is 1.86 bits per heavy atom. The summed E-state index contributed by atoms with van der Waals surface area (Å²) in [5.74, 6) is 0.526. The quantitative estimate of drug-likeness (QED) is 0.887. The molecule has 2 rings (SSSR count). The molecule has 0 heterocycles. The van der Waals surface area contributed by atoms with Gasteiger partial charge in [-0.2, -0.15) is 0 Å². The standard InChI is InChI=1S/C17H18BrNO2/c1-12-7-3-4-8-14(12)13(2)19-17(20)11-21-16-10-6-5-9-15(16)18/h3-10,13H,11H2,1-2H3,(H,19,20). The molecule has 21 heavy (non-hydrogen) atoms. The summed E-state index contributed by atoms with van der Waals surface area (Å²) < 4.78 is 6.34. The van der Waals surface area contributed by atoms with Crippen LogP contribution < -0.4 is 10.1 Å². The summed E-state index contributed by atoms with van der Waals surface area (Å²) in [4.78, 5) is 12.0. The van der Waals surface area contributed by atoms with Crippen LogP contribution >= 0.6 is 15.9 Å². The minimum Gasteiger partial charge on any atom is -0.483 e. The van der Waals surface area contributed by atoms with Crippen LogP contribution in [0, 0.1) is 6.92 Å². The fourth-order valence-electron chi connectivity index (χ4n) is 2.14. The highest BCUT2D eigenvalue weighted by Crippen LogP contribution is 2.23. The molecular weight excluding hydrogens is 330 g/mol. The molecule has 1 atom stereocenters. The van der Waals surface area contributed by atoms with Crippen LogP contribution in [0.4, 0.5) is 0 Å². The lowest BCUT2D eigenvalue weighted by Gasteiger charge is -2.17. The van der Waals surface area contributed by atoms with Crippen LogP contribution in [0.25, 0.3) is 0 Å². The van der Waals surface area contributed by atoms with E-state index in [4.69, 9.17) is 4.74 Å². The van der Waals surface area contributed by atoms with E-state index in [-0.39, 0.29) is 18.6 Å². The van der Waals surface area contributed by atoms with Gasteiger partial charge in [0.2, 0.25) is 0 Å². The number of nitrogens with one attached hydrogen (secondary N) is 1. The predicted molar refractivity (Wildman–Crippen MR) is 87.4 cm³/mol. The fourth-order valence-corrected chi connectivity index (χ4v) is 2.54. The van der Waals surface area contributed by atoms with Crippen molar-refractivity contribution >= 4 is 21.8 Å². The highest BCUT2D eigenvalue weighted by Gasteiger charge is 2.12. The Hall–Kier alpha value is -1.81. The molecule has 0 spiro atoms. The van der Waals surface area contributed by atoms with Gasteiger partial charge in [0.05, 0.1) is 10.5 Å². The fraction of sp³-hybridized carbons (Fsp3) is 0.235. The molecule has 0 fully saturated rings. The Balaban J connectivity index is 1.90. The van der Waals surface area contributed by atoms with Gasteiger partial charge in [-0.3, -0.25) is 4.79 Å². The molecule has 3 nitrogen and oxygen atoms in total. The number of aryl methyl sites for hydroxylation is 1. The Morgan fingerprint density at radius 1 is 1.19 bits per heavy atom. The van der Waals surface area contributed by atoms with E-state index in [1.54, 1.807) is 0 Å². The van der Waals surface area contributed by atoms with E-state index in [1.807, 2.05) is 62.4 Å². The number of benzene rings is 2. The van der Waals surface area contributed by atoms with E-state index < -0.39 is 0 Å². The van der Waals surface area contributed by atoms with Crippen molar-refractivity contribution in [2.24, 2.45) is 0 Å². The van der Waals surface area contributed by atoms with Gasteiger partial charge in [0, 0.05) is 0 Å². The Labute approximate surface area is 133 Å². The molecule has 0 aliphatic heterocycles. The highest BCUT2D eigenvalue weighted by molar-refractivity contribution is 9.10. The molecule has 1 N–H and O–H groups in total. The van der Waals surface area contributed by atoms with Crippen molar-refractivity contribution in [2.45, 2.75) is 19.9 Å². The average Bonchev–Trinajstić information content (AvgIpc) is 2.46. The predicted octanol–water partition coefficient (Wildman–Crippen LogP) is 4.01. The van der Waals surface area contributed by atoms with Gasteiger partial charge in [-0.1, -0.05) is 36.4 Å². The van der Waals surface area contributed by atoms with Gasteiger partial charge >= 0.3 is 0 Å². The maximum Gasteiger partial charge on any atom is 0.258 e. The van der Waals surface area contributed by atoms with Crippen LogP contribution in [0.2, 0.25) is 0 Å². The second-order valence-corrected chi connectivity index (χ2v) is 5.72. The van der Waals surface area contributed by atoms with E-state index in [0.29, 0.717) is 5.75 Å². The summed E-state index contributed by atoms with van der Waals surface area (Å²) in [7, 11) is 0. The van der Waals surface area contributed by atoms with Crippen molar-refractivity contribution < 1.29 is 9.53 Å². The number of amides is 1. The minimum absolute atomic E-state index is 0.00116. The van der Waals surface area contributed by atoms with Crippen LogP contribution in [0.3, 0.4) is 0 Å². The van der Waals surface area contributed by atoms with E-state index in [0.717, 1.165) is 15.6 Å². The van der Waals surface area contributed by atoms with E-state index in [9.17, 15) is 4.79 Å². The van der Waals surface area contributed by atoms with Gasteiger partial charge in [0.25, 0.3) is 5.91 Å². The largest absolute Gasteiger partial charge is 0.483 e. The number of halogens is 1. The molecule has 0 bridgehead atoms. The van der Waals surface area contributed by atoms with E-state index >= 15 is 0 Å². The number of carbonyl (C=O) groups is 1. The maximum atomic E-state index is 12.0. The molecule has 0 aliphatic rings. The second-order valence-electron chi connectivity index (χ2n) is 4.86. The van der Waals surface area contributed by atoms with Crippen LogP contribution in [-0.2, 0) is 4.79 Å². The summed E-state index contributed by atoms with van der Waals surface area (Å²) in [5.41, 5.74) is 2.28. The first-order valence-corrected chi connectivity index (χ1v) is 7.59. The van der Waals surface area contributed by atoms with Crippen molar-refractivity contribution in [1.29, 1.82) is 0 Å². The lowest BCUT2D eigenvalue weighted by molar-refractivity contribution is -0.123. The molecule has 0 saturated carbocycles. The summed E-state index contributed by atoms with van der Waals surface area (Å²) in [6.45, 7) is 4.01. The molecule has 110 valence electrons. The third-order valence-electron chi connectivity index (χ3n) is 3.23. The molecule has 0 aromatic heterocycles. The molecule has 1 amide bonds. The first-order chi connectivity index (χ1) is 10.1. The first-order valence-electron chi connectivity index (χ1n) is 6.80. The number of hydrogen-bond donors (Lipinski definition) is 1. The molecule has 0 saturated heterocycles. The molecule has 2 aromatic carbocycles. The van der Waals surface area contributed by atoms with Gasteiger partial charge in [-0.25, -0.2) is 0 Å². The van der Waals surface area contributed by atoms with Gasteiger partial charge in [-0.05, 0) is 53.0 Å². The van der Waals surface area contributed by atoms with Crippen molar-refractivity contribution in [1.82, 2.24) is 5.32 Å². The van der Waals surface area contributed by atoms with Gasteiger partial charge in [0.1, 0.15) is 5.75 Å². The van der Waals surface area contributed by atoms with Crippen molar-refractivity contribution in [3.05, 3.63) is 64.1 Å². The highest BCUT2D eigenvalue weighted by atomic mass is 79.9. The third-order valence-corrected chi connectivity index (χ3v) is 3.88. The lowest BCUT2D eigenvalue weighted by Crippen LogP contribution is -2.31. The molecule has 0 aliphatic carbocycles. The topological polar surface area (TPSA) is 38.3 Å². The number of carbonyl (C=O) groups excluding carboxylic acids is 1. The zero-order chi connectivity index (χ0) is 15.2. The van der Waals surface area contributed by atoms with E-state index in [2.05, 4.69) is 21.2 Å². The summed E-state index contributed by atoms with van der Waals surface area (Å²) >= 11 is 3.39. The zero-order valence-electron chi connectivity index (χ0n) is 12.1. The zero-order valence-corrected chi connectivity index (χ0v) is 13.7. The van der Waals surface area contributed by atoms with Crippen molar-refractivity contribution in [3.8, 4) is 5.75 Å². The van der Waals surface area contributed by atoms with Gasteiger partial charge in [-0.15, -0.1) is 0 Å². The number of para-hydroxylation sites is 1. The summed E-state index contributed by atoms with van der Waals surface area (Å²) in [5, 5.41) is 2.95. The van der Waals surface area contributed by atoms with E-state index in [1.165, 1.54) is 0 Å². The Bertz CT molecular complexity index is 628.